The van der Waals surface area contributed by atoms with Gasteiger partial charge in [-0.25, -0.2) is 10.1 Å². The second-order valence-corrected chi connectivity index (χ2v) is 6.34. The van der Waals surface area contributed by atoms with Gasteiger partial charge in [-0.3, -0.25) is 9.59 Å². The average molecular weight is 326 g/mol. The van der Waals surface area contributed by atoms with E-state index in [2.05, 4.69) is 22.5 Å². The van der Waals surface area contributed by atoms with Gasteiger partial charge < -0.3 is 0 Å². The monoisotopic (exact) mass is 326 g/mol. The summed E-state index contributed by atoms with van der Waals surface area (Å²) in [6.07, 6.45) is 4.16. The Labute approximate surface area is 140 Å². The average Bonchev–Trinajstić information content (AvgIpc) is 2.60. The van der Waals surface area contributed by atoms with Crippen LogP contribution in [0.2, 0.25) is 0 Å². The van der Waals surface area contributed by atoms with Crippen LogP contribution in [0, 0.1) is 5.92 Å². The van der Waals surface area contributed by atoms with Gasteiger partial charge in [-0.1, -0.05) is 25.1 Å². The van der Waals surface area contributed by atoms with Crippen LogP contribution in [0.1, 0.15) is 50.0 Å². The van der Waals surface area contributed by atoms with Gasteiger partial charge in [0, 0.05) is 17.6 Å². The summed E-state index contributed by atoms with van der Waals surface area (Å²) in [6.45, 7) is 4.44. The Morgan fingerprint density at radius 1 is 1.38 bits per heavy atom. The molecule has 0 radical (unpaired) electrons. The van der Waals surface area contributed by atoms with E-state index in [-0.39, 0.29) is 17.2 Å². The van der Waals surface area contributed by atoms with Crippen LogP contribution in [0.5, 0.6) is 0 Å². The van der Waals surface area contributed by atoms with Crippen molar-refractivity contribution in [2.75, 3.05) is 0 Å². The van der Waals surface area contributed by atoms with Crippen LogP contribution in [0.4, 0.5) is 0 Å². The largest absolute Gasteiger partial charge is 0.292 e. The molecule has 0 spiro atoms. The van der Waals surface area contributed by atoms with Crippen LogP contribution in [0.15, 0.2) is 34.2 Å². The topological polar surface area (TPSA) is 76.3 Å². The Hall–Kier alpha value is -2.50. The van der Waals surface area contributed by atoms with Crippen molar-refractivity contribution < 1.29 is 4.79 Å². The molecule has 1 saturated carbocycles. The molecule has 1 amide bonds. The number of hydrogen-bond acceptors (Lipinski definition) is 4. The Morgan fingerprint density at radius 3 is 2.83 bits per heavy atom. The molecule has 1 heterocycles. The maximum absolute atomic E-state index is 12.6. The number of fused-ring (bicyclic) bond motifs is 1. The van der Waals surface area contributed by atoms with E-state index < -0.39 is 0 Å². The molecule has 1 N–H and O–H groups in total. The van der Waals surface area contributed by atoms with Crippen molar-refractivity contribution in [1.82, 2.24) is 15.2 Å². The zero-order valence-electron chi connectivity index (χ0n) is 14.1. The zero-order valence-corrected chi connectivity index (χ0v) is 14.1. The fourth-order valence-corrected chi connectivity index (χ4v) is 3.16. The van der Waals surface area contributed by atoms with E-state index in [1.54, 1.807) is 24.3 Å². The van der Waals surface area contributed by atoms with E-state index in [9.17, 15) is 9.59 Å². The van der Waals surface area contributed by atoms with Gasteiger partial charge in [0.15, 0.2) is 5.69 Å². The highest BCUT2D eigenvalue weighted by molar-refractivity contribution is 6.05. The van der Waals surface area contributed by atoms with Crippen LogP contribution in [-0.2, 0) is 6.54 Å². The molecule has 24 heavy (non-hydrogen) atoms. The molecule has 126 valence electrons. The zero-order chi connectivity index (χ0) is 17.1. The minimum Gasteiger partial charge on any atom is -0.267 e. The highest BCUT2D eigenvalue weighted by Gasteiger charge is 2.17. The van der Waals surface area contributed by atoms with Crippen molar-refractivity contribution in [3.63, 3.8) is 0 Å². The summed E-state index contributed by atoms with van der Waals surface area (Å²) in [5, 5.41) is 9.56. The molecule has 1 aromatic carbocycles. The van der Waals surface area contributed by atoms with Crippen molar-refractivity contribution in [2.45, 2.75) is 46.1 Å². The van der Waals surface area contributed by atoms with Crippen molar-refractivity contribution in [3.8, 4) is 0 Å². The summed E-state index contributed by atoms with van der Waals surface area (Å²) in [7, 11) is 0. The number of carbonyl (C=O) groups excluding carboxylic acids is 1. The van der Waals surface area contributed by atoms with Crippen LogP contribution < -0.4 is 11.0 Å². The minimum atomic E-state index is -0.376. The summed E-state index contributed by atoms with van der Waals surface area (Å²) in [4.78, 5) is 24.9. The molecule has 6 heteroatoms. The smallest absolute Gasteiger partial charge is 0.267 e. The normalized spacial score (nSPS) is 19.6. The summed E-state index contributed by atoms with van der Waals surface area (Å²) >= 11 is 0. The molecule has 1 atom stereocenters. The van der Waals surface area contributed by atoms with E-state index >= 15 is 0 Å². The van der Waals surface area contributed by atoms with E-state index in [0.717, 1.165) is 25.0 Å². The minimum absolute atomic E-state index is 0.183. The number of nitrogens with zero attached hydrogens (tertiary/aromatic N) is 3. The molecule has 0 bridgehead atoms. The highest BCUT2D eigenvalue weighted by Crippen LogP contribution is 2.21. The molecule has 1 aromatic heterocycles. The highest BCUT2D eigenvalue weighted by atomic mass is 16.2. The SMILES string of the molecule is CCn1nc(C(=O)N/N=C2/CCC[C@@H](C)C2)c2ccccc2c1=O. The molecule has 2 aromatic rings. The number of amides is 1. The number of aryl methyl sites for hydroxylation is 1. The standard InChI is InChI=1S/C18H22N4O2/c1-3-22-18(24)15-10-5-4-9-14(15)16(21-22)17(23)20-19-13-8-6-7-12(2)11-13/h4-5,9-10,12H,3,6-8,11H2,1-2H3,(H,20,23)/b19-13-/t12-/m1/s1. The summed E-state index contributed by atoms with van der Waals surface area (Å²) in [5.41, 5.74) is 3.70. The number of nitrogens with one attached hydrogen (secondary N) is 1. The van der Waals surface area contributed by atoms with Crippen molar-refractivity contribution in [2.24, 2.45) is 11.0 Å². The number of aromatic nitrogens is 2. The van der Waals surface area contributed by atoms with Gasteiger partial charge in [0.2, 0.25) is 0 Å². The lowest BCUT2D eigenvalue weighted by Crippen LogP contribution is -2.29. The van der Waals surface area contributed by atoms with Gasteiger partial charge in [0.05, 0.1) is 5.39 Å². The Balaban J connectivity index is 1.93. The molecule has 0 aliphatic heterocycles. The van der Waals surface area contributed by atoms with Gasteiger partial charge >= 0.3 is 0 Å². The number of hydrogen-bond donors (Lipinski definition) is 1. The predicted octanol–water partition coefficient (Wildman–Crippen LogP) is 2.71. The maximum atomic E-state index is 12.6. The summed E-state index contributed by atoms with van der Waals surface area (Å²) in [5.74, 6) is 0.231. The van der Waals surface area contributed by atoms with E-state index in [1.165, 1.54) is 11.1 Å². The number of hydrazone groups is 1. The molecule has 0 saturated heterocycles. The lowest BCUT2D eigenvalue weighted by molar-refractivity contribution is 0.0949. The van der Waals surface area contributed by atoms with Gasteiger partial charge in [-0.15, -0.1) is 0 Å². The first-order valence-electron chi connectivity index (χ1n) is 8.45. The van der Waals surface area contributed by atoms with Crippen LogP contribution in [-0.4, -0.2) is 21.4 Å². The van der Waals surface area contributed by atoms with Gasteiger partial charge in [0.1, 0.15) is 0 Å². The van der Waals surface area contributed by atoms with Crippen LogP contribution in [0.3, 0.4) is 0 Å². The summed E-state index contributed by atoms with van der Waals surface area (Å²) in [6, 6.07) is 7.05. The molecule has 1 aliphatic rings. The summed E-state index contributed by atoms with van der Waals surface area (Å²) < 4.78 is 1.31. The van der Waals surface area contributed by atoms with Gasteiger partial charge in [-0.05, 0) is 44.6 Å². The van der Waals surface area contributed by atoms with Gasteiger partial charge in [0.25, 0.3) is 11.5 Å². The molecule has 1 aliphatic carbocycles. The van der Waals surface area contributed by atoms with Crippen LogP contribution in [0.25, 0.3) is 10.8 Å². The molecule has 6 nitrogen and oxygen atoms in total. The molecule has 0 unspecified atom stereocenters. The van der Waals surface area contributed by atoms with Gasteiger partial charge in [-0.2, -0.15) is 10.2 Å². The molecule has 1 fully saturated rings. The van der Waals surface area contributed by atoms with Crippen molar-refractivity contribution >= 4 is 22.4 Å². The van der Waals surface area contributed by atoms with Crippen molar-refractivity contribution in [1.29, 1.82) is 0 Å². The van der Waals surface area contributed by atoms with E-state index in [4.69, 9.17) is 0 Å². The first kappa shape index (κ1) is 16.4. The lowest BCUT2D eigenvalue weighted by atomic mass is 9.89. The Kier molecular flexibility index (Phi) is 4.74. The Bertz CT molecular complexity index is 854. The number of benzene rings is 1. The molecular weight excluding hydrogens is 304 g/mol. The number of rotatable bonds is 3. The quantitative estimate of drug-likeness (QED) is 0.881. The third-order valence-electron chi connectivity index (χ3n) is 4.44. The third kappa shape index (κ3) is 3.22. The second kappa shape index (κ2) is 6.95. The Morgan fingerprint density at radius 2 is 2.12 bits per heavy atom. The fourth-order valence-electron chi connectivity index (χ4n) is 3.16. The fraction of sp³-hybridized carbons (Fsp3) is 0.444. The van der Waals surface area contributed by atoms with E-state index in [1.807, 2.05) is 6.92 Å². The lowest BCUT2D eigenvalue weighted by Gasteiger charge is -2.19. The maximum Gasteiger partial charge on any atom is 0.292 e. The van der Waals surface area contributed by atoms with Crippen LogP contribution >= 0.6 is 0 Å². The molecule has 3 rings (SSSR count). The first-order valence-corrected chi connectivity index (χ1v) is 8.45. The first-order chi connectivity index (χ1) is 11.6. The van der Waals surface area contributed by atoms with Crippen molar-refractivity contribution in [3.05, 3.63) is 40.3 Å². The molecular formula is C18H22N4O2. The predicted molar refractivity (Wildman–Crippen MR) is 94.2 cm³/mol. The third-order valence-corrected chi connectivity index (χ3v) is 4.44. The second-order valence-electron chi connectivity index (χ2n) is 6.34. The number of carbonyl (C=O) groups is 1. The van der Waals surface area contributed by atoms with E-state index in [0.29, 0.717) is 23.2 Å².